The lowest BCUT2D eigenvalue weighted by molar-refractivity contribution is 0.0769. The van der Waals surface area contributed by atoms with E-state index in [1.165, 1.54) is 11.3 Å². The molecule has 2 rings (SSSR count). The number of nitrogens with zero attached hydrogens (tertiary/aromatic N) is 1. The monoisotopic (exact) mass is 259 g/mol. The van der Waals surface area contributed by atoms with Gasteiger partial charge in [-0.1, -0.05) is 0 Å². The first kappa shape index (κ1) is 11.6. The Morgan fingerprint density at radius 2 is 2.12 bits per heavy atom. The Hall–Kier alpha value is -0.880. The highest BCUT2D eigenvalue weighted by atomic mass is 32.2. The molecule has 4 nitrogen and oxygen atoms in total. The molecular formula is C10H13NO3S2. The molecule has 0 radical (unpaired) electrons. The Kier molecular flexibility index (Phi) is 3.30. The second kappa shape index (κ2) is 4.55. The second-order valence-electron chi connectivity index (χ2n) is 3.81. The van der Waals surface area contributed by atoms with Crippen LogP contribution in [0, 0.1) is 0 Å². The first-order chi connectivity index (χ1) is 7.58. The number of rotatable bonds is 1. The lowest BCUT2D eigenvalue weighted by atomic mass is 10.3. The fourth-order valence-electron chi connectivity index (χ4n) is 1.71. The average molecular weight is 259 g/mol. The molecule has 1 aromatic rings. The van der Waals surface area contributed by atoms with Crippen LogP contribution in [0.4, 0.5) is 0 Å². The van der Waals surface area contributed by atoms with Gasteiger partial charge in [0.15, 0.2) is 9.84 Å². The number of amides is 1. The van der Waals surface area contributed by atoms with Gasteiger partial charge in [0.25, 0.3) is 5.91 Å². The van der Waals surface area contributed by atoms with Gasteiger partial charge in [0.05, 0.1) is 17.1 Å². The predicted octanol–water partition coefficient (Wildman–Crippen LogP) is 1.01. The molecule has 6 heteroatoms. The Bertz CT molecular complexity index is 464. The van der Waals surface area contributed by atoms with E-state index in [2.05, 4.69) is 0 Å². The van der Waals surface area contributed by atoms with Crippen molar-refractivity contribution in [3.8, 4) is 0 Å². The molecule has 88 valence electrons. The summed E-state index contributed by atoms with van der Waals surface area (Å²) >= 11 is 1.47. The van der Waals surface area contributed by atoms with Gasteiger partial charge in [-0.15, -0.1) is 0 Å². The summed E-state index contributed by atoms with van der Waals surface area (Å²) in [4.78, 5) is 13.6. The molecule has 0 N–H and O–H groups in total. The molecule has 16 heavy (non-hydrogen) atoms. The minimum atomic E-state index is -2.95. The van der Waals surface area contributed by atoms with Gasteiger partial charge in [0, 0.05) is 18.5 Å². The van der Waals surface area contributed by atoms with Crippen molar-refractivity contribution in [1.29, 1.82) is 0 Å². The van der Waals surface area contributed by atoms with Gasteiger partial charge in [-0.25, -0.2) is 8.42 Å². The molecule has 1 aromatic heterocycles. The molecule has 1 amide bonds. The van der Waals surface area contributed by atoms with E-state index < -0.39 is 9.84 Å². The van der Waals surface area contributed by atoms with E-state index in [0.29, 0.717) is 25.1 Å². The molecule has 0 bridgehead atoms. The third-order valence-corrected chi connectivity index (χ3v) is 5.01. The summed E-state index contributed by atoms with van der Waals surface area (Å²) in [6.07, 6.45) is 0.540. The van der Waals surface area contributed by atoms with E-state index in [1.807, 2.05) is 5.38 Å². The van der Waals surface area contributed by atoms with Crippen molar-refractivity contribution < 1.29 is 13.2 Å². The van der Waals surface area contributed by atoms with Crippen molar-refractivity contribution in [3.05, 3.63) is 22.4 Å². The standard InChI is InChI=1S/C10H13NO3S2/c12-10(9-2-5-15-8-9)11-3-1-6-16(13,14)7-4-11/h2,5,8H,1,3-4,6-7H2. The lowest BCUT2D eigenvalue weighted by Crippen LogP contribution is -2.33. The van der Waals surface area contributed by atoms with Crippen LogP contribution in [0.15, 0.2) is 16.8 Å². The number of hydrogen-bond acceptors (Lipinski definition) is 4. The van der Waals surface area contributed by atoms with Crippen molar-refractivity contribution in [3.63, 3.8) is 0 Å². The first-order valence-corrected chi connectivity index (χ1v) is 7.87. The summed E-state index contributed by atoms with van der Waals surface area (Å²) in [7, 11) is -2.95. The highest BCUT2D eigenvalue weighted by Crippen LogP contribution is 2.12. The van der Waals surface area contributed by atoms with E-state index in [0.717, 1.165) is 0 Å². The van der Waals surface area contributed by atoms with E-state index in [9.17, 15) is 13.2 Å². The Balaban J connectivity index is 2.09. The summed E-state index contributed by atoms with van der Waals surface area (Å²) < 4.78 is 22.8. The maximum Gasteiger partial charge on any atom is 0.254 e. The van der Waals surface area contributed by atoms with Gasteiger partial charge in [-0.2, -0.15) is 11.3 Å². The number of thiophene rings is 1. The number of carbonyl (C=O) groups is 1. The van der Waals surface area contributed by atoms with E-state index in [1.54, 1.807) is 16.3 Å². The molecule has 0 atom stereocenters. The Morgan fingerprint density at radius 3 is 2.81 bits per heavy atom. The number of hydrogen-bond donors (Lipinski definition) is 0. The molecule has 1 saturated heterocycles. The van der Waals surface area contributed by atoms with Gasteiger partial charge in [0.2, 0.25) is 0 Å². The quantitative estimate of drug-likeness (QED) is 0.756. The topological polar surface area (TPSA) is 54.5 Å². The zero-order valence-corrected chi connectivity index (χ0v) is 10.4. The van der Waals surface area contributed by atoms with Crippen LogP contribution < -0.4 is 0 Å². The van der Waals surface area contributed by atoms with Crippen LogP contribution in [0.5, 0.6) is 0 Å². The van der Waals surface area contributed by atoms with Crippen molar-refractivity contribution in [1.82, 2.24) is 4.90 Å². The predicted molar refractivity (Wildman–Crippen MR) is 63.5 cm³/mol. The van der Waals surface area contributed by atoms with Crippen molar-refractivity contribution >= 4 is 27.1 Å². The Morgan fingerprint density at radius 1 is 1.31 bits per heavy atom. The van der Waals surface area contributed by atoms with Crippen LogP contribution in [-0.4, -0.2) is 43.8 Å². The number of carbonyl (C=O) groups excluding carboxylic acids is 1. The third-order valence-electron chi connectivity index (χ3n) is 2.61. The average Bonchev–Trinajstić information content (AvgIpc) is 2.69. The van der Waals surface area contributed by atoms with Gasteiger partial charge >= 0.3 is 0 Å². The molecule has 1 aliphatic heterocycles. The summed E-state index contributed by atoms with van der Waals surface area (Å²) in [5.74, 6) is 0.224. The highest BCUT2D eigenvalue weighted by molar-refractivity contribution is 7.91. The fourth-order valence-corrected chi connectivity index (χ4v) is 3.61. The molecular weight excluding hydrogens is 246 g/mol. The van der Waals surface area contributed by atoms with E-state index in [-0.39, 0.29) is 17.4 Å². The maximum atomic E-state index is 12.0. The minimum absolute atomic E-state index is 0.0571. The largest absolute Gasteiger partial charge is 0.338 e. The zero-order chi connectivity index (χ0) is 11.6. The van der Waals surface area contributed by atoms with Crippen LogP contribution in [0.2, 0.25) is 0 Å². The molecule has 0 aliphatic carbocycles. The van der Waals surface area contributed by atoms with Crippen LogP contribution in [0.1, 0.15) is 16.8 Å². The summed E-state index contributed by atoms with van der Waals surface area (Å²) in [5.41, 5.74) is 0.657. The molecule has 2 heterocycles. The van der Waals surface area contributed by atoms with Crippen LogP contribution in [0.3, 0.4) is 0 Å². The third kappa shape index (κ3) is 2.62. The van der Waals surface area contributed by atoms with Crippen molar-refractivity contribution in [2.24, 2.45) is 0 Å². The van der Waals surface area contributed by atoms with E-state index in [4.69, 9.17) is 0 Å². The van der Waals surface area contributed by atoms with Crippen molar-refractivity contribution in [2.45, 2.75) is 6.42 Å². The van der Waals surface area contributed by atoms with Crippen molar-refractivity contribution in [2.75, 3.05) is 24.6 Å². The molecule has 0 saturated carbocycles. The molecule has 1 aliphatic rings. The van der Waals surface area contributed by atoms with Gasteiger partial charge < -0.3 is 4.90 Å². The van der Waals surface area contributed by atoms with Crippen LogP contribution in [0.25, 0.3) is 0 Å². The summed E-state index contributed by atoms with van der Waals surface area (Å²) in [6, 6.07) is 1.77. The molecule has 0 spiro atoms. The normalized spacial score (nSPS) is 20.4. The maximum absolute atomic E-state index is 12.0. The second-order valence-corrected chi connectivity index (χ2v) is 6.89. The number of sulfone groups is 1. The molecule has 0 unspecified atom stereocenters. The highest BCUT2D eigenvalue weighted by Gasteiger charge is 2.23. The molecule has 1 fully saturated rings. The molecule has 0 aromatic carbocycles. The van der Waals surface area contributed by atoms with Crippen LogP contribution >= 0.6 is 11.3 Å². The lowest BCUT2D eigenvalue weighted by Gasteiger charge is -2.18. The summed E-state index contributed by atoms with van der Waals surface area (Å²) in [5, 5.41) is 3.64. The summed E-state index contributed by atoms with van der Waals surface area (Å²) in [6.45, 7) is 0.852. The van der Waals surface area contributed by atoms with E-state index >= 15 is 0 Å². The van der Waals surface area contributed by atoms with Gasteiger partial charge in [0.1, 0.15) is 0 Å². The van der Waals surface area contributed by atoms with Crippen LogP contribution in [-0.2, 0) is 9.84 Å². The minimum Gasteiger partial charge on any atom is -0.338 e. The SMILES string of the molecule is O=C(c1ccsc1)N1CCCS(=O)(=O)CC1. The smallest absolute Gasteiger partial charge is 0.254 e. The first-order valence-electron chi connectivity index (χ1n) is 5.10. The van der Waals surface area contributed by atoms with Gasteiger partial charge in [-0.3, -0.25) is 4.79 Å². The Labute approximate surface area is 98.8 Å². The van der Waals surface area contributed by atoms with Gasteiger partial charge in [-0.05, 0) is 17.9 Å². The zero-order valence-electron chi connectivity index (χ0n) is 8.76. The fraction of sp³-hybridized carbons (Fsp3) is 0.500.